The first-order valence-electron chi connectivity index (χ1n) is 3.90. The molecule has 0 aliphatic heterocycles. The molecule has 0 aromatic heterocycles. The van der Waals surface area contributed by atoms with E-state index in [9.17, 15) is 0 Å². The number of hydrogen-bond donors (Lipinski definition) is 0. The quantitative estimate of drug-likeness (QED) is 0.663. The van der Waals surface area contributed by atoms with Crippen LogP contribution in [0.5, 0.6) is 0 Å². The molecule has 0 saturated carbocycles. The first-order chi connectivity index (χ1) is 4.46. The molecule has 0 spiro atoms. The van der Waals surface area contributed by atoms with Gasteiger partial charge < -0.3 is 0 Å². The summed E-state index contributed by atoms with van der Waals surface area (Å²) >= 11 is 2.18. The van der Waals surface area contributed by atoms with Crippen molar-refractivity contribution in [2.24, 2.45) is 0 Å². The third-order valence-electron chi connectivity index (χ3n) is 1.61. The van der Waals surface area contributed by atoms with Gasteiger partial charge in [-0.15, -0.1) is 0 Å². The van der Waals surface area contributed by atoms with E-state index in [1.807, 2.05) is 0 Å². The zero-order valence-electron chi connectivity index (χ0n) is 7.59. The molecule has 0 bridgehead atoms. The van der Waals surface area contributed by atoms with E-state index in [1.54, 1.807) is 0 Å². The van der Waals surface area contributed by atoms with E-state index < -0.39 is 0 Å². The van der Waals surface area contributed by atoms with E-state index in [4.69, 9.17) is 0 Å². The summed E-state index contributed by atoms with van der Waals surface area (Å²) in [6.45, 7) is 11.3. The summed E-state index contributed by atoms with van der Waals surface area (Å²) in [6, 6.07) is 1.34. The molecular weight excluding hydrogens is 206 g/mol. The molecule has 61 valence electrons. The molecule has 0 radical (unpaired) electrons. The van der Waals surface area contributed by atoms with Crippen molar-refractivity contribution in [2.45, 2.75) is 51.1 Å². The van der Waals surface area contributed by atoms with Gasteiger partial charge in [0.05, 0.1) is 0 Å². The molecule has 0 N–H and O–H groups in total. The minimum atomic E-state index is 0.669. The first-order valence-corrected chi connectivity index (χ1v) is 5.06. The third-order valence-corrected chi connectivity index (χ3v) is 2.21. The summed E-state index contributed by atoms with van der Waals surface area (Å²) < 4.78 is 0.677. The van der Waals surface area contributed by atoms with Gasteiger partial charge in [0.2, 0.25) is 0 Å². The van der Waals surface area contributed by atoms with E-state index in [2.05, 4.69) is 59.3 Å². The van der Waals surface area contributed by atoms with E-state index >= 15 is 0 Å². The Morgan fingerprint density at radius 2 is 1.20 bits per heavy atom. The maximum atomic E-state index is 2.50. The van der Waals surface area contributed by atoms with E-state index in [1.165, 1.54) is 0 Å². The molecule has 0 aromatic rings. The Morgan fingerprint density at radius 1 is 0.900 bits per heavy atom. The van der Waals surface area contributed by atoms with Gasteiger partial charge in [0.25, 0.3) is 0 Å². The molecule has 0 amide bonds. The minimum absolute atomic E-state index is 0.669. The van der Waals surface area contributed by atoms with Crippen molar-refractivity contribution in [1.82, 2.24) is 4.90 Å². The van der Waals surface area contributed by atoms with Gasteiger partial charge in [-0.25, -0.2) is 0 Å². The third kappa shape index (κ3) is 3.16. The van der Waals surface area contributed by atoms with Crippen molar-refractivity contribution < 1.29 is 19.8 Å². The first kappa shape index (κ1) is 10.6. The average molecular weight is 224 g/mol. The monoisotopic (exact) mass is 226 g/mol. The molecule has 1 unspecified atom stereocenters. The van der Waals surface area contributed by atoms with Gasteiger partial charge in [-0.05, 0) is 0 Å². The predicted octanol–water partition coefficient (Wildman–Crippen LogP) is 2.00. The van der Waals surface area contributed by atoms with E-state index in [0.29, 0.717) is 16.5 Å². The second-order valence-corrected chi connectivity index (χ2v) is 4.91. The Hall–Kier alpha value is 0.648. The number of rotatable bonds is 3. The van der Waals surface area contributed by atoms with Gasteiger partial charge in [0.1, 0.15) is 0 Å². The fourth-order valence-corrected chi connectivity index (χ4v) is 2.63. The number of hydrogen-bond acceptors (Lipinski definition) is 1. The Morgan fingerprint density at radius 3 is 1.20 bits per heavy atom. The average Bonchev–Trinajstić information content (AvgIpc) is 1.59. The van der Waals surface area contributed by atoms with Crippen LogP contribution in [0.4, 0.5) is 0 Å². The normalized spacial score (nSPS) is 15.2. The van der Waals surface area contributed by atoms with Gasteiger partial charge >= 0.3 is 75.8 Å². The molecule has 0 aliphatic carbocycles. The van der Waals surface area contributed by atoms with Crippen molar-refractivity contribution in [3.05, 3.63) is 0 Å². The molecule has 1 atom stereocenters. The van der Waals surface area contributed by atoms with Gasteiger partial charge in [-0.3, -0.25) is 0 Å². The number of nitrogens with zero attached hydrogens (tertiary/aromatic N) is 1. The van der Waals surface area contributed by atoms with Crippen LogP contribution < -0.4 is 0 Å². The maximum absolute atomic E-state index is 2.50. The van der Waals surface area contributed by atoms with Crippen molar-refractivity contribution in [3.63, 3.8) is 0 Å². The predicted molar refractivity (Wildman–Crippen MR) is 41.6 cm³/mol. The fraction of sp³-hybridized carbons (Fsp3) is 1.00. The summed E-state index contributed by atoms with van der Waals surface area (Å²) in [5.74, 6) is 0. The van der Waals surface area contributed by atoms with Gasteiger partial charge in [0.15, 0.2) is 0 Å². The topological polar surface area (TPSA) is 3.24 Å². The standard InChI is InChI=1S/C8H18N.Mo/c1-6-9(7(2)3)8(4)5;/h6-8H,1-5H3;. The van der Waals surface area contributed by atoms with Crippen molar-refractivity contribution in [1.29, 1.82) is 0 Å². The Labute approximate surface area is 76.1 Å². The van der Waals surface area contributed by atoms with Gasteiger partial charge in [-0.1, -0.05) is 0 Å². The summed E-state index contributed by atoms with van der Waals surface area (Å²) in [4.78, 5) is 2.50. The Bertz CT molecular complexity index is 70.2. The van der Waals surface area contributed by atoms with Crippen LogP contribution in [0.25, 0.3) is 0 Å². The van der Waals surface area contributed by atoms with Crippen LogP contribution in [0.2, 0.25) is 0 Å². The van der Waals surface area contributed by atoms with Crippen LogP contribution in [-0.2, 0) is 19.8 Å². The molecular formula is C8H18MoN. The summed E-state index contributed by atoms with van der Waals surface area (Å²) in [5, 5.41) is 0. The fourth-order valence-electron chi connectivity index (χ4n) is 1.44. The molecule has 0 fully saturated rings. The van der Waals surface area contributed by atoms with Crippen LogP contribution in [0.3, 0.4) is 0 Å². The van der Waals surface area contributed by atoms with Gasteiger partial charge in [-0.2, -0.15) is 0 Å². The SMILES string of the molecule is CC(C)N(C(C)C)[CH](C)[Mo]. The summed E-state index contributed by atoms with van der Waals surface area (Å²) in [5.41, 5.74) is 0. The van der Waals surface area contributed by atoms with Crippen molar-refractivity contribution in [3.8, 4) is 0 Å². The van der Waals surface area contributed by atoms with E-state index in [0.717, 1.165) is 0 Å². The van der Waals surface area contributed by atoms with E-state index in [-0.39, 0.29) is 0 Å². The van der Waals surface area contributed by atoms with Crippen molar-refractivity contribution in [2.75, 3.05) is 0 Å². The van der Waals surface area contributed by atoms with Crippen LogP contribution in [-0.4, -0.2) is 21.4 Å². The second-order valence-electron chi connectivity index (χ2n) is 3.23. The molecule has 0 heterocycles. The molecule has 1 nitrogen and oxygen atoms in total. The molecule has 0 rings (SSSR count). The summed E-state index contributed by atoms with van der Waals surface area (Å²) in [7, 11) is 0. The van der Waals surface area contributed by atoms with Crippen LogP contribution in [0, 0.1) is 0 Å². The van der Waals surface area contributed by atoms with Crippen LogP contribution in [0.15, 0.2) is 0 Å². The molecule has 2 heteroatoms. The molecule has 0 aromatic carbocycles. The van der Waals surface area contributed by atoms with Crippen LogP contribution in [0.1, 0.15) is 34.6 Å². The summed E-state index contributed by atoms with van der Waals surface area (Å²) in [6.07, 6.45) is 0. The molecule has 0 aliphatic rings. The van der Waals surface area contributed by atoms with Crippen molar-refractivity contribution >= 4 is 0 Å². The zero-order valence-corrected chi connectivity index (χ0v) is 9.59. The Balaban J connectivity index is 3.98. The molecule has 0 saturated heterocycles. The van der Waals surface area contributed by atoms with Crippen LogP contribution >= 0.6 is 0 Å². The van der Waals surface area contributed by atoms with Gasteiger partial charge in [0, 0.05) is 0 Å². The second kappa shape index (κ2) is 4.51. The zero-order chi connectivity index (χ0) is 8.31. The molecule has 10 heavy (non-hydrogen) atoms. The Kier molecular flexibility index (Phi) is 4.80.